The molecule has 0 radical (unpaired) electrons. The van der Waals surface area contributed by atoms with E-state index in [0.717, 1.165) is 0 Å². The van der Waals surface area contributed by atoms with Crippen LogP contribution in [0.2, 0.25) is 0 Å². The third-order valence-corrected chi connectivity index (χ3v) is 5.58. The van der Waals surface area contributed by atoms with Gasteiger partial charge >= 0.3 is 13.2 Å². The maximum Gasteiger partial charge on any atom is 0.494 e. The van der Waals surface area contributed by atoms with E-state index >= 15 is 0 Å². The van der Waals surface area contributed by atoms with Gasteiger partial charge in [0.05, 0.1) is 35.4 Å². The lowest BCUT2D eigenvalue weighted by Gasteiger charge is -2.32. The molecule has 174 valence electrons. The van der Waals surface area contributed by atoms with E-state index in [1.807, 2.05) is 34.6 Å². The number of ether oxygens (including phenoxy) is 2. The number of carbonyl (C=O) groups excluding carboxylic acids is 1. The molecule has 0 aliphatic carbocycles. The van der Waals surface area contributed by atoms with Gasteiger partial charge in [-0.3, -0.25) is 4.79 Å². The summed E-state index contributed by atoms with van der Waals surface area (Å²) in [7, 11) is -0.644. The highest BCUT2D eigenvalue weighted by atomic mass is 16.7. The molecule has 0 unspecified atom stereocenters. The second-order valence-electron chi connectivity index (χ2n) is 9.82. The van der Waals surface area contributed by atoms with Crippen molar-refractivity contribution < 1.29 is 23.6 Å². The largest absolute Gasteiger partial charge is 0.494 e. The summed E-state index contributed by atoms with van der Waals surface area (Å²) in [4.78, 5) is 24.7. The van der Waals surface area contributed by atoms with Crippen molar-refractivity contribution in [2.24, 2.45) is 0 Å². The molecule has 32 heavy (non-hydrogen) atoms. The molecule has 1 amide bonds. The fourth-order valence-electron chi connectivity index (χ4n) is 3.32. The van der Waals surface area contributed by atoms with Gasteiger partial charge in [-0.05, 0) is 66.9 Å². The monoisotopic (exact) mass is 445 g/mol. The molecule has 0 spiro atoms. The van der Waals surface area contributed by atoms with Crippen molar-refractivity contribution in [1.82, 2.24) is 15.5 Å². The van der Waals surface area contributed by atoms with Crippen LogP contribution in [0.5, 0.6) is 5.75 Å². The van der Waals surface area contributed by atoms with Crippen LogP contribution in [0.3, 0.4) is 0 Å². The van der Waals surface area contributed by atoms with Gasteiger partial charge in [-0.2, -0.15) is 5.10 Å². The minimum Gasteiger partial charge on any atom is -0.493 e. The Morgan fingerprint density at radius 2 is 1.81 bits per heavy atom. The Balaban J connectivity index is 2.04. The van der Waals surface area contributed by atoms with Crippen LogP contribution in [0.1, 0.15) is 61.1 Å². The predicted octanol–water partition coefficient (Wildman–Crippen LogP) is 2.65. The summed E-state index contributed by atoms with van der Waals surface area (Å²) in [5.74, 6) is 0.400. The first-order valence-corrected chi connectivity index (χ1v) is 10.7. The number of amides is 1. The first kappa shape index (κ1) is 24.1. The van der Waals surface area contributed by atoms with Gasteiger partial charge in [-0.15, -0.1) is 0 Å². The number of rotatable bonds is 5. The molecule has 1 aromatic carbocycles. The van der Waals surface area contributed by atoms with E-state index in [9.17, 15) is 9.59 Å². The fraction of sp³-hybridized carbons (Fsp3) is 0.591. The maximum atomic E-state index is 12.6. The number of alkyl carbamates (subject to hydrolysis) is 1. The van der Waals surface area contributed by atoms with E-state index in [4.69, 9.17) is 18.8 Å². The number of nitrogens with zero attached hydrogens (tertiary/aromatic N) is 1. The SMILES string of the molecule is CCOc1cc(B2OC(C)(C)C(C)(C)O2)cc2c(CNC(=O)OC(C)(C)C)n[nH]c(=O)c12. The molecular formula is C22H32BN3O6. The van der Waals surface area contributed by atoms with Crippen molar-refractivity contribution in [3.05, 3.63) is 28.2 Å². The number of hydrogen-bond donors (Lipinski definition) is 2. The second kappa shape index (κ2) is 8.40. The Bertz CT molecular complexity index is 1060. The van der Waals surface area contributed by atoms with Crippen molar-refractivity contribution >= 4 is 29.4 Å². The Kier molecular flexibility index (Phi) is 6.32. The van der Waals surface area contributed by atoms with Crippen LogP contribution in [0.15, 0.2) is 16.9 Å². The Morgan fingerprint density at radius 3 is 2.38 bits per heavy atom. The summed E-state index contributed by atoms with van der Waals surface area (Å²) >= 11 is 0. The average Bonchev–Trinajstić information content (AvgIpc) is 2.87. The first-order chi connectivity index (χ1) is 14.7. The molecule has 3 rings (SSSR count). The third kappa shape index (κ3) is 4.91. The van der Waals surface area contributed by atoms with Crippen LogP contribution < -0.4 is 21.1 Å². The van der Waals surface area contributed by atoms with E-state index in [2.05, 4.69) is 15.5 Å². The van der Waals surface area contributed by atoms with Gasteiger partial charge in [0.15, 0.2) is 0 Å². The normalized spacial score (nSPS) is 17.4. The zero-order valence-corrected chi connectivity index (χ0v) is 20.0. The van der Waals surface area contributed by atoms with Crippen LogP contribution >= 0.6 is 0 Å². The smallest absolute Gasteiger partial charge is 0.493 e. The molecule has 1 aliphatic heterocycles. The van der Waals surface area contributed by atoms with E-state index in [1.54, 1.807) is 32.9 Å². The minimum absolute atomic E-state index is 0.0561. The molecule has 2 N–H and O–H groups in total. The van der Waals surface area contributed by atoms with Crippen LogP contribution in [0.4, 0.5) is 4.79 Å². The van der Waals surface area contributed by atoms with Crippen molar-refractivity contribution in [3.63, 3.8) is 0 Å². The summed E-state index contributed by atoms with van der Waals surface area (Å²) in [6.07, 6.45) is -0.578. The summed E-state index contributed by atoms with van der Waals surface area (Å²) in [5, 5.41) is 10.2. The highest BCUT2D eigenvalue weighted by molar-refractivity contribution is 6.62. The molecule has 10 heteroatoms. The molecule has 0 saturated carbocycles. The van der Waals surface area contributed by atoms with E-state index < -0.39 is 30.0 Å². The van der Waals surface area contributed by atoms with E-state index in [-0.39, 0.29) is 12.1 Å². The first-order valence-electron chi connectivity index (χ1n) is 10.7. The van der Waals surface area contributed by atoms with Gasteiger partial charge < -0.3 is 24.1 Å². The summed E-state index contributed by atoms with van der Waals surface area (Å²) < 4.78 is 23.4. The van der Waals surface area contributed by atoms with Gasteiger partial charge in [0.25, 0.3) is 5.56 Å². The molecule has 2 heterocycles. The van der Waals surface area contributed by atoms with Crippen molar-refractivity contribution in [2.75, 3.05) is 6.61 Å². The lowest BCUT2D eigenvalue weighted by atomic mass is 9.78. The van der Waals surface area contributed by atoms with Gasteiger partial charge in [-0.1, -0.05) is 6.07 Å². The predicted molar refractivity (Wildman–Crippen MR) is 122 cm³/mol. The number of hydrogen-bond acceptors (Lipinski definition) is 7. The van der Waals surface area contributed by atoms with E-state index in [0.29, 0.717) is 34.3 Å². The summed E-state index contributed by atoms with van der Waals surface area (Å²) in [6.45, 7) is 15.5. The van der Waals surface area contributed by atoms with Crippen molar-refractivity contribution in [1.29, 1.82) is 0 Å². The average molecular weight is 445 g/mol. The van der Waals surface area contributed by atoms with Crippen LogP contribution in [0.25, 0.3) is 10.8 Å². The fourth-order valence-corrected chi connectivity index (χ4v) is 3.32. The quantitative estimate of drug-likeness (QED) is 0.681. The highest BCUT2D eigenvalue weighted by Crippen LogP contribution is 2.37. The van der Waals surface area contributed by atoms with Crippen molar-refractivity contribution in [3.8, 4) is 5.75 Å². The number of benzene rings is 1. The number of H-pyrrole nitrogens is 1. The number of fused-ring (bicyclic) bond motifs is 1. The van der Waals surface area contributed by atoms with Gasteiger partial charge in [0.2, 0.25) is 0 Å². The molecule has 0 bridgehead atoms. The second-order valence-corrected chi connectivity index (χ2v) is 9.82. The van der Waals surface area contributed by atoms with Crippen molar-refractivity contribution in [2.45, 2.75) is 78.7 Å². The van der Waals surface area contributed by atoms with E-state index in [1.165, 1.54) is 0 Å². The number of nitrogens with one attached hydrogen (secondary N) is 2. The molecule has 1 fully saturated rings. The minimum atomic E-state index is -0.644. The molecular weight excluding hydrogens is 413 g/mol. The van der Waals surface area contributed by atoms with Gasteiger partial charge in [0, 0.05) is 5.39 Å². The molecule has 2 aromatic rings. The number of aromatic nitrogens is 2. The Morgan fingerprint density at radius 1 is 1.19 bits per heavy atom. The third-order valence-electron chi connectivity index (χ3n) is 5.58. The zero-order chi connectivity index (χ0) is 23.9. The number of carbonyl (C=O) groups is 1. The summed E-state index contributed by atoms with van der Waals surface area (Å²) in [6, 6.07) is 3.56. The molecule has 1 aromatic heterocycles. The number of aromatic amines is 1. The Labute approximate surface area is 188 Å². The molecule has 1 saturated heterocycles. The van der Waals surface area contributed by atoms with Crippen LogP contribution in [-0.4, -0.2) is 46.8 Å². The molecule has 0 atom stereocenters. The molecule has 1 aliphatic rings. The van der Waals surface area contributed by atoms with Gasteiger partial charge in [-0.25, -0.2) is 9.89 Å². The molecule has 9 nitrogen and oxygen atoms in total. The summed E-state index contributed by atoms with van der Waals surface area (Å²) in [5.41, 5.74) is -0.894. The lowest BCUT2D eigenvalue weighted by molar-refractivity contribution is 0.00578. The zero-order valence-electron chi connectivity index (χ0n) is 20.0. The van der Waals surface area contributed by atoms with Crippen LogP contribution in [-0.2, 0) is 20.6 Å². The maximum absolute atomic E-state index is 12.6. The van der Waals surface area contributed by atoms with Gasteiger partial charge in [0.1, 0.15) is 11.4 Å². The lowest BCUT2D eigenvalue weighted by Crippen LogP contribution is -2.41. The Hall–Kier alpha value is -2.59. The van der Waals surface area contributed by atoms with Crippen LogP contribution in [0, 0.1) is 0 Å². The standard InChI is InChI=1S/C22H32BN3O6/c1-9-29-16-11-13(23-31-21(5,6)22(7,8)32-23)10-14-15(25-26-18(27)17(14)16)12-24-19(28)30-20(2,3)4/h10-11H,9,12H2,1-8H3,(H,24,28)(H,26,27). The topological polar surface area (TPSA) is 112 Å². The highest BCUT2D eigenvalue weighted by Gasteiger charge is 2.52.